The average Bonchev–Trinajstić information content (AvgIpc) is 2.66. The minimum absolute atomic E-state index is 0.129. The summed E-state index contributed by atoms with van der Waals surface area (Å²) in [7, 11) is 0. The van der Waals surface area contributed by atoms with Crippen LogP contribution in [-0.4, -0.2) is 18.4 Å². The number of esters is 1. The number of ether oxygens (including phenoxy) is 1. The highest BCUT2D eigenvalue weighted by atomic mass is 16.5. The Balaban J connectivity index is 1.50. The summed E-state index contributed by atoms with van der Waals surface area (Å²) in [5.74, 6) is -0.650. The van der Waals surface area contributed by atoms with Gasteiger partial charge in [0.05, 0.1) is 6.42 Å². The van der Waals surface area contributed by atoms with Crippen molar-refractivity contribution in [3.63, 3.8) is 0 Å². The summed E-state index contributed by atoms with van der Waals surface area (Å²) >= 11 is 0. The molecule has 0 aliphatic carbocycles. The van der Waals surface area contributed by atoms with Crippen LogP contribution in [0.25, 0.3) is 10.8 Å². The third-order valence-corrected chi connectivity index (χ3v) is 3.90. The van der Waals surface area contributed by atoms with Gasteiger partial charge in [0.1, 0.15) is 13.2 Å². The fourth-order valence-corrected chi connectivity index (χ4v) is 2.64. The molecule has 0 aliphatic rings. The zero-order valence-electron chi connectivity index (χ0n) is 13.8. The molecule has 3 aromatic rings. The second-order valence-electron chi connectivity index (χ2n) is 5.74. The SMILES string of the molecule is O=C(Cc1cccc2ccccc12)NCC(=O)OCc1ccccc1. The van der Waals surface area contributed by atoms with E-state index >= 15 is 0 Å². The molecule has 1 N–H and O–H groups in total. The number of hydrogen-bond donors (Lipinski definition) is 1. The van der Waals surface area contributed by atoms with E-state index in [1.165, 1.54) is 0 Å². The van der Waals surface area contributed by atoms with Gasteiger partial charge in [-0.15, -0.1) is 0 Å². The summed E-state index contributed by atoms with van der Waals surface area (Å²) in [5, 5.41) is 4.76. The highest BCUT2D eigenvalue weighted by Gasteiger charge is 2.09. The van der Waals surface area contributed by atoms with Gasteiger partial charge in [-0.3, -0.25) is 9.59 Å². The number of amides is 1. The van der Waals surface area contributed by atoms with Gasteiger partial charge in [-0.25, -0.2) is 0 Å². The van der Waals surface area contributed by atoms with E-state index in [4.69, 9.17) is 4.74 Å². The smallest absolute Gasteiger partial charge is 0.325 e. The summed E-state index contributed by atoms with van der Waals surface area (Å²) in [6.07, 6.45) is 0.229. The quantitative estimate of drug-likeness (QED) is 0.705. The lowest BCUT2D eigenvalue weighted by Gasteiger charge is -2.08. The van der Waals surface area contributed by atoms with Crippen molar-refractivity contribution in [2.24, 2.45) is 0 Å². The normalized spacial score (nSPS) is 10.4. The van der Waals surface area contributed by atoms with E-state index in [-0.39, 0.29) is 25.5 Å². The lowest BCUT2D eigenvalue weighted by atomic mass is 10.0. The third-order valence-electron chi connectivity index (χ3n) is 3.90. The van der Waals surface area contributed by atoms with Crippen LogP contribution in [0.1, 0.15) is 11.1 Å². The maximum Gasteiger partial charge on any atom is 0.325 e. The first-order chi connectivity index (χ1) is 12.2. The van der Waals surface area contributed by atoms with Crippen molar-refractivity contribution in [1.82, 2.24) is 5.32 Å². The van der Waals surface area contributed by atoms with Gasteiger partial charge in [0.15, 0.2) is 0 Å². The maximum atomic E-state index is 12.1. The Labute approximate surface area is 146 Å². The number of rotatable bonds is 6. The zero-order chi connectivity index (χ0) is 17.5. The van der Waals surface area contributed by atoms with E-state index in [9.17, 15) is 9.59 Å². The van der Waals surface area contributed by atoms with Crippen molar-refractivity contribution < 1.29 is 14.3 Å². The Morgan fingerprint density at radius 1 is 0.840 bits per heavy atom. The highest BCUT2D eigenvalue weighted by molar-refractivity contribution is 5.91. The first kappa shape index (κ1) is 16.7. The van der Waals surface area contributed by atoms with E-state index < -0.39 is 5.97 Å². The molecule has 0 fully saturated rings. The Hall–Kier alpha value is -3.14. The maximum absolute atomic E-state index is 12.1. The van der Waals surface area contributed by atoms with Crippen molar-refractivity contribution in [3.05, 3.63) is 83.9 Å². The Morgan fingerprint density at radius 2 is 1.56 bits per heavy atom. The minimum atomic E-state index is -0.449. The number of nitrogens with one attached hydrogen (secondary N) is 1. The van der Waals surface area contributed by atoms with Crippen LogP contribution in [0.3, 0.4) is 0 Å². The molecule has 3 rings (SSSR count). The van der Waals surface area contributed by atoms with Crippen LogP contribution in [0.4, 0.5) is 0 Å². The van der Waals surface area contributed by atoms with Crippen LogP contribution in [0.15, 0.2) is 72.8 Å². The fourth-order valence-electron chi connectivity index (χ4n) is 2.64. The number of hydrogen-bond acceptors (Lipinski definition) is 3. The number of carbonyl (C=O) groups excluding carboxylic acids is 2. The van der Waals surface area contributed by atoms with Crippen molar-refractivity contribution in [2.45, 2.75) is 13.0 Å². The Morgan fingerprint density at radius 3 is 2.40 bits per heavy atom. The lowest BCUT2D eigenvalue weighted by Crippen LogP contribution is -2.31. The monoisotopic (exact) mass is 333 g/mol. The van der Waals surface area contributed by atoms with E-state index in [0.717, 1.165) is 21.9 Å². The largest absolute Gasteiger partial charge is 0.460 e. The summed E-state index contributed by atoms with van der Waals surface area (Å²) in [6.45, 7) is 0.0787. The summed E-state index contributed by atoms with van der Waals surface area (Å²) in [5.41, 5.74) is 1.85. The zero-order valence-corrected chi connectivity index (χ0v) is 13.8. The molecule has 0 unspecified atom stereocenters. The number of carbonyl (C=O) groups is 2. The molecular weight excluding hydrogens is 314 g/mol. The molecule has 4 nitrogen and oxygen atoms in total. The van der Waals surface area contributed by atoms with Crippen LogP contribution in [0.2, 0.25) is 0 Å². The molecule has 0 bridgehead atoms. The molecule has 0 spiro atoms. The molecule has 25 heavy (non-hydrogen) atoms. The van der Waals surface area contributed by atoms with E-state index in [1.807, 2.05) is 72.8 Å². The van der Waals surface area contributed by atoms with Crippen molar-refractivity contribution in [1.29, 1.82) is 0 Å². The molecule has 0 atom stereocenters. The summed E-state index contributed by atoms with van der Waals surface area (Å²) in [4.78, 5) is 23.9. The van der Waals surface area contributed by atoms with E-state index in [1.54, 1.807) is 0 Å². The predicted octanol–water partition coefficient (Wildman–Crippen LogP) is 3.24. The van der Waals surface area contributed by atoms with Gasteiger partial charge in [-0.1, -0.05) is 72.8 Å². The first-order valence-corrected chi connectivity index (χ1v) is 8.15. The molecule has 0 radical (unpaired) electrons. The molecule has 0 heterocycles. The molecule has 0 saturated carbocycles. The van der Waals surface area contributed by atoms with Crippen LogP contribution >= 0.6 is 0 Å². The van der Waals surface area contributed by atoms with Gasteiger partial charge >= 0.3 is 5.97 Å². The van der Waals surface area contributed by atoms with Crippen LogP contribution < -0.4 is 5.32 Å². The number of fused-ring (bicyclic) bond motifs is 1. The molecule has 0 aromatic heterocycles. The van der Waals surface area contributed by atoms with Crippen molar-refractivity contribution in [3.8, 4) is 0 Å². The van der Waals surface area contributed by atoms with Crippen molar-refractivity contribution >= 4 is 22.6 Å². The first-order valence-electron chi connectivity index (χ1n) is 8.15. The lowest BCUT2D eigenvalue weighted by molar-refractivity contribution is -0.145. The molecule has 4 heteroatoms. The molecule has 0 saturated heterocycles. The van der Waals surface area contributed by atoms with E-state index in [0.29, 0.717) is 0 Å². The van der Waals surface area contributed by atoms with Crippen LogP contribution in [0.5, 0.6) is 0 Å². The second-order valence-corrected chi connectivity index (χ2v) is 5.74. The third kappa shape index (κ3) is 4.67. The van der Waals surface area contributed by atoms with Crippen molar-refractivity contribution in [2.75, 3.05) is 6.54 Å². The van der Waals surface area contributed by atoms with Gasteiger partial charge in [-0.05, 0) is 21.9 Å². The highest BCUT2D eigenvalue weighted by Crippen LogP contribution is 2.18. The molecule has 126 valence electrons. The summed E-state index contributed by atoms with van der Waals surface area (Å²) in [6, 6.07) is 23.2. The van der Waals surface area contributed by atoms with Crippen LogP contribution in [0, 0.1) is 0 Å². The van der Waals surface area contributed by atoms with E-state index in [2.05, 4.69) is 5.32 Å². The van der Waals surface area contributed by atoms with Gasteiger partial charge in [0.2, 0.25) is 5.91 Å². The molecular formula is C21H19NO3. The van der Waals surface area contributed by atoms with Crippen LogP contribution in [-0.2, 0) is 27.4 Å². The molecule has 3 aromatic carbocycles. The Kier molecular flexibility index (Phi) is 5.42. The topological polar surface area (TPSA) is 55.4 Å². The minimum Gasteiger partial charge on any atom is -0.460 e. The van der Waals surface area contributed by atoms with Gasteiger partial charge in [0.25, 0.3) is 0 Å². The molecule has 1 amide bonds. The summed E-state index contributed by atoms with van der Waals surface area (Å²) < 4.78 is 5.15. The average molecular weight is 333 g/mol. The standard InChI is InChI=1S/C21H19NO3/c23-20(13-18-11-6-10-17-9-4-5-12-19(17)18)22-14-21(24)25-15-16-7-2-1-3-8-16/h1-12H,13-15H2,(H,22,23). The second kappa shape index (κ2) is 8.11. The predicted molar refractivity (Wildman–Crippen MR) is 96.9 cm³/mol. The van der Waals surface area contributed by atoms with Gasteiger partial charge in [-0.2, -0.15) is 0 Å². The fraction of sp³-hybridized carbons (Fsp3) is 0.143. The number of benzene rings is 3. The molecule has 0 aliphatic heterocycles. The van der Waals surface area contributed by atoms with Gasteiger partial charge in [0, 0.05) is 0 Å². The Bertz CT molecular complexity index is 869. The van der Waals surface area contributed by atoms with Gasteiger partial charge < -0.3 is 10.1 Å².